The van der Waals surface area contributed by atoms with Gasteiger partial charge in [0.2, 0.25) is 0 Å². The van der Waals surface area contributed by atoms with E-state index in [9.17, 15) is 14.7 Å². The first kappa shape index (κ1) is 46.0. The molecule has 2 aromatic rings. The molecule has 0 radical (unpaired) electrons. The lowest BCUT2D eigenvalue weighted by Gasteiger charge is -2.28. The molecule has 0 aliphatic heterocycles. The summed E-state index contributed by atoms with van der Waals surface area (Å²) >= 11 is 3.50. The van der Waals surface area contributed by atoms with Gasteiger partial charge in [-0.15, -0.1) is 23.5 Å². The molecule has 0 saturated carbocycles. The molecule has 0 heterocycles. The van der Waals surface area contributed by atoms with Gasteiger partial charge in [0.15, 0.2) is 0 Å². The van der Waals surface area contributed by atoms with E-state index < -0.39 is 11.9 Å². The van der Waals surface area contributed by atoms with Gasteiger partial charge in [0.05, 0.1) is 17.4 Å². The van der Waals surface area contributed by atoms with Crippen molar-refractivity contribution < 1.29 is 24.5 Å². The number of hydrogen-bond donors (Lipinski definition) is 2. The minimum atomic E-state index is -1.02. The van der Waals surface area contributed by atoms with Gasteiger partial charge in [-0.2, -0.15) is 0 Å². The number of esters is 1. The highest BCUT2D eigenvalue weighted by atomic mass is 32.2. The van der Waals surface area contributed by atoms with E-state index in [0.717, 1.165) is 38.0 Å². The first-order chi connectivity index (χ1) is 20.9. The zero-order valence-corrected chi connectivity index (χ0v) is 33.9. The molecule has 2 rings (SSSR count). The molecule has 0 aliphatic rings. The third-order valence-electron chi connectivity index (χ3n) is 6.12. The summed E-state index contributed by atoms with van der Waals surface area (Å²) in [6.07, 6.45) is -0.418. The van der Waals surface area contributed by atoms with E-state index in [0.29, 0.717) is 11.5 Å². The fraction of sp³-hybridized carbons (Fsp3) is 0.641. The molecule has 2 N–H and O–H groups in total. The highest BCUT2D eigenvalue weighted by molar-refractivity contribution is 8.17. The third-order valence-corrected chi connectivity index (χ3v) is 8.38. The minimum Gasteiger partial charge on any atom is -0.507 e. The first-order valence-corrected chi connectivity index (χ1v) is 18.5. The van der Waals surface area contributed by atoms with Crippen LogP contribution in [0, 0.1) is 12.8 Å². The van der Waals surface area contributed by atoms with Crippen LogP contribution in [0.1, 0.15) is 153 Å². The molecule has 0 aromatic heterocycles. The Morgan fingerprint density at radius 3 is 1.39 bits per heavy atom. The Labute approximate surface area is 291 Å². The van der Waals surface area contributed by atoms with Crippen LogP contribution in [0.5, 0.6) is 11.5 Å². The number of carboxylic acid groups (broad SMARTS) is 1. The number of carbonyl (C=O) groups is 2. The number of aromatic hydroxyl groups is 1. The zero-order chi connectivity index (χ0) is 36.8. The molecule has 0 fully saturated rings. The summed E-state index contributed by atoms with van der Waals surface area (Å²) < 4.78 is 5.85. The Balaban J connectivity index is 0. The minimum absolute atomic E-state index is 0.164. The number of carbonyl (C=O) groups excluding carboxylic acids is 1. The Bertz CT molecular complexity index is 1190. The van der Waals surface area contributed by atoms with Crippen LogP contribution in [-0.4, -0.2) is 26.7 Å². The molecule has 1 atom stereocenters. The van der Waals surface area contributed by atoms with Gasteiger partial charge >= 0.3 is 11.9 Å². The maximum Gasteiger partial charge on any atom is 0.311 e. The Morgan fingerprint density at radius 1 is 0.696 bits per heavy atom. The van der Waals surface area contributed by atoms with Crippen molar-refractivity contribution in [1.29, 1.82) is 0 Å². The lowest BCUT2D eigenvalue weighted by Crippen LogP contribution is -2.18. The van der Waals surface area contributed by atoms with Gasteiger partial charge in [-0.1, -0.05) is 111 Å². The van der Waals surface area contributed by atoms with E-state index in [2.05, 4.69) is 108 Å². The molecule has 264 valence electrons. The van der Waals surface area contributed by atoms with Gasteiger partial charge in [-0.25, -0.2) is 0 Å². The molecule has 46 heavy (non-hydrogen) atoms. The Morgan fingerprint density at radius 2 is 1.04 bits per heavy atom. The molecule has 0 amide bonds. The number of rotatable bonds is 8. The van der Waals surface area contributed by atoms with Crippen molar-refractivity contribution in [3.63, 3.8) is 0 Å². The third kappa shape index (κ3) is 16.6. The molecule has 0 spiro atoms. The van der Waals surface area contributed by atoms with Crippen molar-refractivity contribution in [2.24, 2.45) is 5.92 Å². The number of thioether (sulfide) groups is 2. The smallest absolute Gasteiger partial charge is 0.311 e. The summed E-state index contributed by atoms with van der Waals surface area (Å²) in [5, 5.41) is 20.0. The maximum atomic E-state index is 12.3. The van der Waals surface area contributed by atoms with Gasteiger partial charge in [0, 0.05) is 26.5 Å². The number of phenolic OH excluding ortho intramolecular Hbond substituents is 1. The highest BCUT2D eigenvalue weighted by Gasteiger charge is 2.28. The summed E-state index contributed by atoms with van der Waals surface area (Å²) in [4.78, 5) is 25.4. The predicted molar refractivity (Wildman–Crippen MR) is 202 cm³/mol. The van der Waals surface area contributed by atoms with E-state index in [1.165, 1.54) is 0 Å². The van der Waals surface area contributed by atoms with Crippen molar-refractivity contribution in [2.75, 3.05) is 0 Å². The van der Waals surface area contributed by atoms with Gasteiger partial charge < -0.3 is 14.9 Å². The lowest BCUT2D eigenvalue weighted by molar-refractivity contribution is -0.142. The number of hydrogen-bond acceptors (Lipinski definition) is 6. The molecule has 1 unspecified atom stereocenters. The van der Waals surface area contributed by atoms with E-state index in [-0.39, 0.29) is 33.7 Å². The van der Waals surface area contributed by atoms with Crippen LogP contribution in [0.4, 0.5) is 0 Å². The van der Waals surface area contributed by atoms with Crippen LogP contribution >= 0.6 is 23.5 Å². The predicted octanol–water partition coefficient (Wildman–Crippen LogP) is 12.3. The largest absolute Gasteiger partial charge is 0.507 e. The van der Waals surface area contributed by atoms with Gasteiger partial charge in [0.1, 0.15) is 11.5 Å². The highest BCUT2D eigenvalue weighted by Crippen LogP contribution is 2.45. The number of benzene rings is 2. The van der Waals surface area contributed by atoms with Crippen molar-refractivity contribution in [1.82, 2.24) is 0 Å². The molecule has 2 aromatic carbocycles. The SMILES string of the molecule is CC.CC.CC(C)C.Cc1cc(SC(C)Sc2cc(C(C)(C)C)c(O)c(C(C)(C)C)c2)cc(C(C)(C)C)c1OC(=O)CCC(=O)O. The van der Waals surface area contributed by atoms with Gasteiger partial charge in [-0.05, 0) is 65.8 Å². The summed E-state index contributed by atoms with van der Waals surface area (Å²) in [6.45, 7) is 37.5. The van der Waals surface area contributed by atoms with E-state index in [1.807, 2.05) is 40.7 Å². The monoisotopic (exact) mass is 678 g/mol. The molecule has 0 bridgehead atoms. The van der Waals surface area contributed by atoms with Crippen molar-refractivity contribution in [3.8, 4) is 11.5 Å². The van der Waals surface area contributed by atoms with Crippen molar-refractivity contribution in [2.45, 2.75) is 168 Å². The summed E-state index contributed by atoms with van der Waals surface area (Å²) in [6, 6.07) is 8.32. The molecule has 0 aliphatic carbocycles. The second kappa shape index (κ2) is 20.3. The van der Waals surface area contributed by atoms with Crippen molar-refractivity contribution in [3.05, 3.63) is 46.5 Å². The fourth-order valence-corrected chi connectivity index (χ4v) is 6.53. The van der Waals surface area contributed by atoms with Gasteiger partial charge in [-0.3, -0.25) is 9.59 Å². The lowest BCUT2D eigenvalue weighted by atomic mass is 9.79. The van der Waals surface area contributed by atoms with Crippen LogP contribution in [0.15, 0.2) is 34.1 Å². The normalized spacial score (nSPS) is 12.1. The molecular weight excluding hydrogens is 613 g/mol. The molecule has 7 heteroatoms. The van der Waals surface area contributed by atoms with Crippen LogP contribution in [0.25, 0.3) is 0 Å². The summed E-state index contributed by atoms with van der Waals surface area (Å²) in [5.74, 6) is 0.169. The molecule has 0 saturated heterocycles. The quantitative estimate of drug-likeness (QED) is 0.124. The number of phenols is 1. The van der Waals surface area contributed by atoms with Gasteiger partial charge in [0.25, 0.3) is 0 Å². The average molecular weight is 679 g/mol. The standard InChI is InChI=1S/C31H44O5S2.C4H10.2C2H6/c1-18-14-20(17-24(31(9,10)11)28(18)36-26(34)13-12-25(32)33)37-19(2)38-21-15-22(29(3,4)5)27(35)23(16-21)30(6,7)8;1-4(2)3;2*1-2/h14-17,19,35H,12-13H2,1-11H3,(H,32,33);4H,1-3H3;2*1-2H3. The second-order valence-corrected chi connectivity index (χ2v) is 17.8. The van der Waals surface area contributed by atoms with Crippen LogP contribution in [-0.2, 0) is 25.8 Å². The maximum absolute atomic E-state index is 12.3. The molecule has 5 nitrogen and oxygen atoms in total. The topological polar surface area (TPSA) is 83.8 Å². The zero-order valence-electron chi connectivity index (χ0n) is 32.3. The number of ether oxygens (including phenoxy) is 1. The summed E-state index contributed by atoms with van der Waals surface area (Å²) in [5.41, 5.74) is 3.00. The second-order valence-electron chi connectivity index (χ2n) is 14.6. The van der Waals surface area contributed by atoms with Crippen LogP contribution in [0.3, 0.4) is 0 Å². The summed E-state index contributed by atoms with van der Waals surface area (Å²) in [7, 11) is 0. The first-order valence-electron chi connectivity index (χ1n) is 16.7. The fourth-order valence-electron chi connectivity index (χ4n) is 4.10. The van der Waals surface area contributed by atoms with Crippen LogP contribution in [0.2, 0.25) is 0 Å². The van der Waals surface area contributed by atoms with Crippen LogP contribution < -0.4 is 4.74 Å². The number of aliphatic carboxylic acids is 1. The molecular formula is C39H66O5S2. The Hall–Kier alpha value is -2.12. The number of carboxylic acids is 1. The Kier molecular flexibility index (Phi) is 20.3. The van der Waals surface area contributed by atoms with E-state index in [1.54, 1.807) is 23.5 Å². The van der Waals surface area contributed by atoms with E-state index >= 15 is 0 Å². The van der Waals surface area contributed by atoms with Crippen molar-refractivity contribution >= 4 is 35.5 Å². The number of aryl methyl sites for hydroxylation is 1. The average Bonchev–Trinajstić information content (AvgIpc) is 2.89. The van der Waals surface area contributed by atoms with E-state index in [4.69, 9.17) is 9.84 Å².